The number of ether oxygens (including phenoxy) is 1. The summed E-state index contributed by atoms with van der Waals surface area (Å²) in [6.07, 6.45) is 0. The van der Waals surface area contributed by atoms with Crippen LogP contribution in [0.2, 0.25) is 0 Å². The fraction of sp³-hybridized carbons (Fsp3) is 0.533. The van der Waals surface area contributed by atoms with Crippen LogP contribution < -0.4 is 5.46 Å². The molecule has 0 unspecified atom stereocenters. The van der Waals surface area contributed by atoms with Crippen molar-refractivity contribution in [2.45, 2.75) is 45.8 Å². The molecule has 0 saturated carbocycles. The summed E-state index contributed by atoms with van der Waals surface area (Å²) in [5.41, 5.74) is 0.354. The first kappa shape index (κ1) is 16.7. The molecule has 1 aromatic carbocycles. The Balaban J connectivity index is 2.92. The predicted molar refractivity (Wildman–Crippen MR) is 77.5 cm³/mol. The molecule has 1 aromatic rings. The lowest BCUT2D eigenvalue weighted by atomic mass is 9.80. The normalized spacial score (nSPS) is 12.1. The van der Waals surface area contributed by atoms with Crippen LogP contribution in [0.4, 0.5) is 4.39 Å². The molecule has 0 N–H and O–H groups in total. The zero-order valence-corrected chi connectivity index (χ0v) is 12.9. The topological polar surface area (TPSA) is 42.2 Å². The van der Waals surface area contributed by atoms with Gasteiger partial charge in [0, 0.05) is 7.11 Å². The molecule has 0 saturated heterocycles. The monoisotopic (exact) mass is 276 g/mol. The summed E-state index contributed by atoms with van der Waals surface area (Å²) >= 11 is 0. The number of benzene rings is 1. The van der Waals surface area contributed by atoms with Crippen LogP contribution >= 0.6 is 0 Å². The molecule has 0 aliphatic rings. The smallest absolute Gasteiger partial charge is 0.331 e. The Bertz CT molecular complexity index is 535. The highest BCUT2D eigenvalue weighted by molar-refractivity contribution is 6.47. The van der Waals surface area contributed by atoms with Crippen LogP contribution in [0.1, 0.15) is 38.8 Å². The van der Waals surface area contributed by atoms with Crippen LogP contribution in [0.5, 0.6) is 0 Å². The minimum Gasteiger partial charge on any atom is -0.427 e. The van der Waals surface area contributed by atoms with E-state index in [-0.39, 0.29) is 5.56 Å². The van der Waals surface area contributed by atoms with Gasteiger partial charge >= 0.3 is 7.48 Å². The highest BCUT2D eigenvalue weighted by atomic mass is 19.1. The lowest BCUT2D eigenvalue weighted by Gasteiger charge is -2.40. The van der Waals surface area contributed by atoms with E-state index in [1.165, 1.54) is 19.6 Å². The second kappa shape index (κ2) is 5.95. The van der Waals surface area contributed by atoms with E-state index in [4.69, 9.17) is 14.7 Å². The molecule has 107 valence electrons. The highest BCUT2D eigenvalue weighted by Gasteiger charge is 2.38. The quantitative estimate of drug-likeness (QED) is 0.776. The van der Waals surface area contributed by atoms with E-state index in [1.807, 2.05) is 40.7 Å². The Morgan fingerprint density at radius 1 is 1.20 bits per heavy atom. The molecule has 0 fully saturated rings. The Labute approximate surface area is 121 Å². The summed E-state index contributed by atoms with van der Waals surface area (Å²) in [5.74, 6) is -0.545. The van der Waals surface area contributed by atoms with Gasteiger partial charge in [-0.3, -0.25) is 0 Å². The number of halogens is 1. The molecule has 0 amide bonds. The summed E-state index contributed by atoms with van der Waals surface area (Å²) in [6, 6.07) is 4.64. The minimum absolute atomic E-state index is 0.0381. The van der Waals surface area contributed by atoms with Crippen molar-refractivity contribution in [3.63, 3.8) is 0 Å². The Hall–Kier alpha value is -1.38. The van der Waals surface area contributed by atoms with E-state index in [9.17, 15) is 4.39 Å². The van der Waals surface area contributed by atoms with Crippen LogP contribution in [0.15, 0.2) is 12.1 Å². The van der Waals surface area contributed by atoms with E-state index in [2.05, 4.69) is 0 Å². The van der Waals surface area contributed by atoms with Gasteiger partial charge in [-0.05, 0) is 52.2 Å². The van der Waals surface area contributed by atoms with Crippen LogP contribution in [0, 0.1) is 24.1 Å². The van der Waals surface area contributed by atoms with Gasteiger partial charge in [0.1, 0.15) is 11.9 Å². The second-order valence-electron chi connectivity index (χ2n) is 5.76. The molecule has 0 aliphatic carbocycles. The number of methoxy groups -OCH3 is 1. The minimum atomic E-state index is -0.585. The van der Waals surface area contributed by atoms with E-state index < -0.39 is 17.0 Å². The second-order valence-corrected chi connectivity index (χ2v) is 5.76. The lowest BCUT2D eigenvalue weighted by Crippen LogP contribution is -2.50. The molecule has 1 radical (unpaired) electrons. The van der Waals surface area contributed by atoms with Gasteiger partial charge in [0.25, 0.3) is 0 Å². The van der Waals surface area contributed by atoms with Crippen molar-refractivity contribution in [2.24, 2.45) is 0 Å². The third-order valence-electron chi connectivity index (χ3n) is 3.92. The van der Waals surface area contributed by atoms with Crippen LogP contribution in [-0.4, -0.2) is 25.8 Å². The zero-order chi connectivity index (χ0) is 15.6. The van der Waals surface area contributed by atoms with E-state index >= 15 is 0 Å². The number of nitrogens with zero attached hydrogens (tertiary/aromatic N) is 1. The Kier molecular flexibility index (Phi) is 4.96. The molecule has 20 heavy (non-hydrogen) atoms. The van der Waals surface area contributed by atoms with Crippen molar-refractivity contribution < 1.29 is 13.8 Å². The molecule has 0 bridgehead atoms. The highest BCUT2D eigenvalue weighted by Crippen LogP contribution is 2.27. The Morgan fingerprint density at radius 2 is 1.80 bits per heavy atom. The number of hydrogen-bond donors (Lipinski definition) is 0. The first-order valence-corrected chi connectivity index (χ1v) is 6.41. The van der Waals surface area contributed by atoms with E-state index in [0.29, 0.717) is 5.46 Å². The van der Waals surface area contributed by atoms with Crippen LogP contribution in [0.25, 0.3) is 0 Å². The standard InChI is InChI=1S/C15H20BFNO2/c1-10-7-11(9-18)13(17)8-12(10)16-20-15(4,5)14(2,3)19-6/h7-8H,1-6H3. The number of nitriles is 1. The predicted octanol–water partition coefficient (Wildman–Crippen LogP) is 2.47. The molecule has 0 aliphatic heterocycles. The molecule has 0 heterocycles. The summed E-state index contributed by atoms with van der Waals surface area (Å²) in [7, 11) is 3.14. The van der Waals surface area contributed by atoms with Gasteiger partial charge < -0.3 is 9.39 Å². The summed E-state index contributed by atoms with van der Waals surface area (Å²) < 4.78 is 24.8. The maximum atomic E-state index is 13.6. The number of rotatable bonds is 5. The van der Waals surface area contributed by atoms with Crippen LogP contribution in [-0.2, 0) is 9.39 Å². The van der Waals surface area contributed by atoms with Crippen molar-refractivity contribution in [3.05, 3.63) is 29.1 Å². The van der Waals surface area contributed by atoms with Gasteiger partial charge in [-0.2, -0.15) is 5.26 Å². The fourth-order valence-corrected chi connectivity index (χ4v) is 1.51. The van der Waals surface area contributed by atoms with Crippen molar-refractivity contribution in [1.29, 1.82) is 5.26 Å². The molecule has 5 heteroatoms. The zero-order valence-electron chi connectivity index (χ0n) is 12.9. The average molecular weight is 276 g/mol. The first-order chi connectivity index (χ1) is 9.14. The third kappa shape index (κ3) is 3.39. The van der Waals surface area contributed by atoms with Gasteiger partial charge in [0.2, 0.25) is 0 Å². The molecular formula is C15H20BFNO2. The van der Waals surface area contributed by atoms with Gasteiger partial charge in [0.05, 0.1) is 16.8 Å². The lowest BCUT2D eigenvalue weighted by molar-refractivity contribution is -0.114. The molecule has 0 atom stereocenters. The van der Waals surface area contributed by atoms with Gasteiger partial charge in [-0.15, -0.1) is 0 Å². The number of aryl methyl sites for hydroxylation is 1. The van der Waals surface area contributed by atoms with Crippen molar-refractivity contribution in [3.8, 4) is 6.07 Å². The van der Waals surface area contributed by atoms with E-state index in [1.54, 1.807) is 7.11 Å². The fourth-order valence-electron chi connectivity index (χ4n) is 1.51. The maximum Gasteiger partial charge on any atom is 0.331 e. The van der Waals surface area contributed by atoms with Crippen molar-refractivity contribution in [1.82, 2.24) is 0 Å². The summed E-state index contributed by atoms with van der Waals surface area (Å²) in [6.45, 7) is 9.47. The largest absolute Gasteiger partial charge is 0.427 e. The number of hydrogen-bond acceptors (Lipinski definition) is 3. The van der Waals surface area contributed by atoms with Gasteiger partial charge in [-0.1, -0.05) is 5.56 Å². The van der Waals surface area contributed by atoms with Gasteiger partial charge in [-0.25, -0.2) is 4.39 Å². The molecule has 3 nitrogen and oxygen atoms in total. The summed E-state index contributed by atoms with van der Waals surface area (Å²) in [5, 5.41) is 8.78. The first-order valence-electron chi connectivity index (χ1n) is 6.41. The van der Waals surface area contributed by atoms with Crippen molar-refractivity contribution >= 4 is 12.9 Å². The van der Waals surface area contributed by atoms with Crippen molar-refractivity contribution in [2.75, 3.05) is 7.11 Å². The maximum absolute atomic E-state index is 13.6. The van der Waals surface area contributed by atoms with Gasteiger partial charge in [0.15, 0.2) is 0 Å². The SMILES string of the molecule is COC(C)(C)C(C)(C)O[B]c1cc(F)c(C#N)cc1C. The molecule has 0 aromatic heterocycles. The molecule has 1 rings (SSSR count). The average Bonchev–Trinajstić information content (AvgIpc) is 2.39. The van der Waals surface area contributed by atoms with Crippen LogP contribution in [0.3, 0.4) is 0 Å². The summed E-state index contributed by atoms with van der Waals surface area (Å²) in [4.78, 5) is 0. The van der Waals surface area contributed by atoms with E-state index in [0.717, 1.165) is 5.56 Å². The molecule has 0 spiro atoms. The Morgan fingerprint density at radius 3 is 2.30 bits per heavy atom. The third-order valence-corrected chi connectivity index (χ3v) is 3.92. The molecular weight excluding hydrogens is 256 g/mol.